The zero-order valence-electron chi connectivity index (χ0n) is 13.8. The number of H-pyrrole nitrogens is 1. The molecule has 4 N–H and O–H groups in total. The molecule has 3 aromatic carbocycles. The Morgan fingerprint density at radius 3 is 2.42 bits per heavy atom. The average Bonchev–Trinajstić information content (AvgIpc) is 2.97. The van der Waals surface area contributed by atoms with Gasteiger partial charge in [0.2, 0.25) is 0 Å². The number of rotatable bonds is 2. The normalized spacial score (nSPS) is 10.8. The highest BCUT2D eigenvalue weighted by Crippen LogP contribution is 2.24. The smallest absolute Gasteiger partial charge is 0.348 e. The fraction of sp³-hybridized carbons (Fsp3) is 0. The Bertz CT molecular complexity index is 1150. The summed E-state index contributed by atoms with van der Waals surface area (Å²) in [5.41, 5.74) is 7.00. The van der Waals surface area contributed by atoms with Crippen LogP contribution in [0, 0.1) is 0 Å². The number of fused-ring (bicyclic) bond motifs is 1. The quantitative estimate of drug-likeness (QED) is 0.518. The molecule has 4 aromatic rings. The monoisotopic (exact) mass is 344 g/mol. The molecule has 0 bridgehead atoms. The van der Waals surface area contributed by atoms with Gasteiger partial charge in [0.15, 0.2) is 0 Å². The molecule has 0 aliphatic carbocycles. The summed E-state index contributed by atoms with van der Waals surface area (Å²) in [6.45, 7) is 0. The third-order valence-electron chi connectivity index (χ3n) is 4.22. The number of nitrogens with one attached hydrogen (secondary N) is 2. The van der Waals surface area contributed by atoms with Gasteiger partial charge in [-0.15, -0.1) is 0 Å². The van der Waals surface area contributed by atoms with E-state index in [-0.39, 0.29) is 11.4 Å². The van der Waals surface area contributed by atoms with Gasteiger partial charge in [0, 0.05) is 5.39 Å². The molecule has 0 spiro atoms. The fourth-order valence-electron chi connectivity index (χ4n) is 2.99. The number of anilines is 2. The molecule has 0 aliphatic heterocycles. The second kappa shape index (κ2) is 6.25. The zero-order chi connectivity index (χ0) is 18.1. The molecule has 0 unspecified atom stereocenters. The fourth-order valence-corrected chi connectivity index (χ4v) is 2.99. The minimum atomic E-state index is -0.597. The van der Waals surface area contributed by atoms with Crippen molar-refractivity contribution in [2.75, 3.05) is 11.1 Å². The maximum atomic E-state index is 12.7. The molecule has 0 aliphatic rings. The van der Waals surface area contributed by atoms with Gasteiger partial charge in [0.1, 0.15) is 5.82 Å². The van der Waals surface area contributed by atoms with E-state index in [0.717, 1.165) is 15.5 Å². The Balaban J connectivity index is 1.73. The molecule has 1 heterocycles. The number of benzene rings is 3. The van der Waals surface area contributed by atoms with Crippen molar-refractivity contribution < 1.29 is 4.79 Å². The molecular weight excluding hydrogens is 328 g/mol. The third kappa shape index (κ3) is 2.63. The van der Waals surface area contributed by atoms with E-state index in [9.17, 15) is 9.59 Å². The van der Waals surface area contributed by atoms with Crippen molar-refractivity contribution in [3.63, 3.8) is 0 Å². The van der Waals surface area contributed by atoms with Crippen LogP contribution < -0.4 is 16.6 Å². The van der Waals surface area contributed by atoms with Crippen molar-refractivity contribution in [1.29, 1.82) is 0 Å². The van der Waals surface area contributed by atoms with Crippen LogP contribution in [0.2, 0.25) is 0 Å². The molecule has 0 saturated carbocycles. The molecule has 0 fully saturated rings. The number of carbonyl (C=O) groups is 1. The lowest BCUT2D eigenvalue weighted by atomic mass is 10.1. The first-order valence-corrected chi connectivity index (χ1v) is 8.10. The van der Waals surface area contributed by atoms with Gasteiger partial charge in [-0.3, -0.25) is 9.89 Å². The molecule has 4 rings (SSSR count). The van der Waals surface area contributed by atoms with E-state index in [0.29, 0.717) is 11.3 Å². The zero-order valence-corrected chi connectivity index (χ0v) is 13.8. The number of carbonyl (C=O) groups excluding carboxylic acids is 1. The lowest BCUT2D eigenvalue weighted by molar-refractivity contribution is 0.250. The van der Waals surface area contributed by atoms with E-state index < -0.39 is 11.6 Å². The van der Waals surface area contributed by atoms with E-state index in [4.69, 9.17) is 5.73 Å². The number of hydrogen-bond donors (Lipinski definition) is 3. The molecule has 128 valence electrons. The van der Waals surface area contributed by atoms with Gasteiger partial charge in [0.05, 0.1) is 11.3 Å². The van der Waals surface area contributed by atoms with E-state index >= 15 is 0 Å². The lowest BCUT2D eigenvalue weighted by Crippen LogP contribution is -2.30. The van der Waals surface area contributed by atoms with Crippen molar-refractivity contribution in [3.8, 4) is 11.1 Å². The first-order chi connectivity index (χ1) is 12.6. The standard InChI is InChI=1S/C20H16N4O2/c21-18-17(14-8-2-1-3-9-14)19(25)24(23-18)20(26)22-16-12-6-10-13-7-4-5-11-15(13)16/h1-12,23H,21H2,(H,22,26). The molecular formula is C20H16N4O2. The summed E-state index contributed by atoms with van der Waals surface area (Å²) in [6, 6.07) is 21.7. The van der Waals surface area contributed by atoms with Crippen molar-refractivity contribution >= 4 is 28.3 Å². The summed E-state index contributed by atoms with van der Waals surface area (Å²) in [5.74, 6) is 0.147. The summed E-state index contributed by atoms with van der Waals surface area (Å²) in [6.07, 6.45) is 0. The Morgan fingerprint density at radius 1 is 0.923 bits per heavy atom. The van der Waals surface area contributed by atoms with E-state index in [1.165, 1.54) is 0 Å². The van der Waals surface area contributed by atoms with Crippen LogP contribution in [0.5, 0.6) is 0 Å². The Labute approximate surface area is 148 Å². The molecule has 26 heavy (non-hydrogen) atoms. The summed E-state index contributed by atoms with van der Waals surface area (Å²) in [4.78, 5) is 25.3. The van der Waals surface area contributed by atoms with Crippen LogP contribution in [0.15, 0.2) is 77.6 Å². The van der Waals surface area contributed by atoms with E-state index in [1.54, 1.807) is 18.2 Å². The number of nitrogen functional groups attached to an aromatic ring is 1. The number of aromatic nitrogens is 2. The van der Waals surface area contributed by atoms with Gasteiger partial charge in [-0.05, 0) is 17.0 Å². The van der Waals surface area contributed by atoms with Crippen LogP contribution >= 0.6 is 0 Å². The number of nitrogens with zero attached hydrogens (tertiary/aromatic N) is 1. The molecule has 0 saturated heterocycles. The van der Waals surface area contributed by atoms with Gasteiger partial charge in [0.25, 0.3) is 5.56 Å². The SMILES string of the molecule is Nc1[nH]n(C(=O)Nc2cccc3ccccc23)c(=O)c1-c1ccccc1. The molecule has 1 aromatic heterocycles. The van der Waals surface area contributed by atoms with Gasteiger partial charge < -0.3 is 11.1 Å². The maximum absolute atomic E-state index is 12.7. The first kappa shape index (κ1) is 15.7. The maximum Gasteiger partial charge on any atom is 0.348 e. The summed E-state index contributed by atoms with van der Waals surface area (Å²) in [5, 5.41) is 7.30. The molecule has 6 nitrogen and oxygen atoms in total. The summed E-state index contributed by atoms with van der Waals surface area (Å²) in [7, 11) is 0. The van der Waals surface area contributed by atoms with Crippen molar-refractivity contribution in [1.82, 2.24) is 9.78 Å². The number of nitrogens with two attached hydrogens (primary N) is 1. The second-order valence-corrected chi connectivity index (χ2v) is 5.86. The molecule has 0 radical (unpaired) electrons. The number of amides is 1. The Kier molecular flexibility index (Phi) is 3.78. The number of aromatic amines is 1. The van der Waals surface area contributed by atoms with Crippen LogP contribution in [0.25, 0.3) is 21.9 Å². The molecule has 1 amide bonds. The molecule has 6 heteroatoms. The highest BCUT2D eigenvalue weighted by atomic mass is 16.2. The topological polar surface area (TPSA) is 92.9 Å². The third-order valence-corrected chi connectivity index (χ3v) is 4.22. The van der Waals surface area contributed by atoms with Crippen molar-refractivity contribution in [2.24, 2.45) is 0 Å². The predicted octanol–water partition coefficient (Wildman–Crippen LogP) is 3.66. The summed E-state index contributed by atoms with van der Waals surface area (Å²) >= 11 is 0. The van der Waals surface area contributed by atoms with E-state index in [2.05, 4.69) is 10.4 Å². The van der Waals surface area contributed by atoms with Crippen LogP contribution in [0.1, 0.15) is 0 Å². The second-order valence-electron chi connectivity index (χ2n) is 5.86. The van der Waals surface area contributed by atoms with Crippen LogP contribution in [0.4, 0.5) is 16.3 Å². The minimum absolute atomic E-state index is 0.147. The van der Waals surface area contributed by atoms with E-state index in [1.807, 2.05) is 54.6 Å². The Hall–Kier alpha value is -3.80. The number of hydrogen-bond acceptors (Lipinski definition) is 3. The van der Waals surface area contributed by atoms with Crippen LogP contribution in [-0.4, -0.2) is 15.8 Å². The van der Waals surface area contributed by atoms with Gasteiger partial charge >= 0.3 is 6.03 Å². The largest absolute Gasteiger partial charge is 0.383 e. The highest BCUT2D eigenvalue weighted by Gasteiger charge is 2.18. The molecule has 0 atom stereocenters. The van der Waals surface area contributed by atoms with Gasteiger partial charge in [-0.2, -0.15) is 4.68 Å². The first-order valence-electron chi connectivity index (χ1n) is 8.10. The summed E-state index contributed by atoms with van der Waals surface area (Å²) < 4.78 is 0.888. The van der Waals surface area contributed by atoms with Gasteiger partial charge in [-0.25, -0.2) is 4.79 Å². The van der Waals surface area contributed by atoms with Crippen molar-refractivity contribution in [3.05, 3.63) is 83.2 Å². The highest BCUT2D eigenvalue weighted by molar-refractivity contribution is 6.02. The van der Waals surface area contributed by atoms with Gasteiger partial charge in [-0.1, -0.05) is 66.7 Å². The van der Waals surface area contributed by atoms with Crippen LogP contribution in [-0.2, 0) is 0 Å². The average molecular weight is 344 g/mol. The minimum Gasteiger partial charge on any atom is -0.383 e. The lowest BCUT2D eigenvalue weighted by Gasteiger charge is -2.08. The van der Waals surface area contributed by atoms with Crippen molar-refractivity contribution in [2.45, 2.75) is 0 Å². The Morgan fingerprint density at radius 2 is 1.62 bits per heavy atom. The predicted molar refractivity (Wildman–Crippen MR) is 103 cm³/mol. The van der Waals surface area contributed by atoms with Crippen LogP contribution in [0.3, 0.4) is 0 Å².